The number of aromatic nitrogens is 3. The molecule has 0 atom stereocenters. The highest BCUT2D eigenvalue weighted by molar-refractivity contribution is 7.20. The van der Waals surface area contributed by atoms with Crippen LogP contribution in [0.2, 0.25) is 0 Å². The van der Waals surface area contributed by atoms with Crippen molar-refractivity contribution in [1.29, 1.82) is 0 Å². The van der Waals surface area contributed by atoms with Crippen LogP contribution in [0.25, 0.3) is 26.6 Å². The summed E-state index contributed by atoms with van der Waals surface area (Å²) in [5.41, 5.74) is 5.36. The van der Waals surface area contributed by atoms with Crippen molar-refractivity contribution in [3.05, 3.63) is 94.3 Å². The Labute approximate surface area is 216 Å². The Morgan fingerprint density at radius 2 is 1.68 bits per heavy atom. The molecule has 37 heavy (non-hydrogen) atoms. The van der Waals surface area contributed by atoms with E-state index in [1.807, 2.05) is 54.6 Å². The molecule has 0 radical (unpaired) electrons. The Kier molecular flexibility index (Phi) is 6.57. The lowest BCUT2D eigenvalue weighted by Crippen LogP contribution is -2.23. The summed E-state index contributed by atoms with van der Waals surface area (Å²) >= 11 is 1.40. The number of thiazole rings is 1. The molecule has 0 aliphatic rings. The molecule has 0 fully saturated rings. The topological polar surface area (TPSA) is 111 Å². The lowest BCUT2D eigenvalue weighted by Gasteiger charge is -2.08. The fourth-order valence-electron chi connectivity index (χ4n) is 3.87. The number of methoxy groups -OCH3 is 2. The summed E-state index contributed by atoms with van der Waals surface area (Å²) in [6.07, 6.45) is 0. The average molecular weight is 514 g/mol. The van der Waals surface area contributed by atoms with Crippen LogP contribution >= 0.6 is 11.3 Å². The third-order valence-electron chi connectivity index (χ3n) is 5.73. The summed E-state index contributed by atoms with van der Waals surface area (Å²) in [5, 5.41) is 7.97. The highest BCUT2D eigenvalue weighted by Gasteiger charge is 2.21. The largest absolute Gasteiger partial charge is 0.497 e. The smallest absolute Gasteiger partial charge is 0.283 e. The van der Waals surface area contributed by atoms with Crippen molar-refractivity contribution in [1.82, 2.24) is 20.2 Å². The number of para-hydroxylation sites is 1. The van der Waals surface area contributed by atoms with Gasteiger partial charge in [0.15, 0.2) is 0 Å². The van der Waals surface area contributed by atoms with Crippen LogP contribution in [0.4, 0.5) is 0 Å². The van der Waals surface area contributed by atoms with Gasteiger partial charge in [-0.2, -0.15) is 9.78 Å². The van der Waals surface area contributed by atoms with E-state index in [9.17, 15) is 9.59 Å². The van der Waals surface area contributed by atoms with Gasteiger partial charge in [-0.05, 0) is 31.2 Å². The van der Waals surface area contributed by atoms with E-state index >= 15 is 0 Å². The molecule has 2 aromatic heterocycles. The zero-order chi connectivity index (χ0) is 25.9. The number of hydrogen-bond donors (Lipinski definition) is 2. The van der Waals surface area contributed by atoms with E-state index in [4.69, 9.17) is 9.47 Å². The third kappa shape index (κ3) is 4.74. The number of H-pyrrole nitrogens is 1. The standard InChI is InChI=1S/C27H23N5O4S/c1-16(29-30-25(33)18-13-19(35-2)15-20(14-18)36-3)23-24(17-9-5-4-6-10-17)31-32(26(23)34)27-28-21-11-7-8-12-22(21)37-27/h4-15,31H,1-3H3,(H,30,33)/b29-16-. The summed E-state index contributed by atoms with van der Waals surface area (Å²) in [5.74, 6) is 0.474. The number of nitrogens with one attached hydrogen (secondary N) is 2. The Bertz CT molecular complexity index is 1630. The van der Waals surface area contributed by atoms with Gasteiger partial charge in [-0.25, -0.2) is 10.4 Å². The van der Waals surface area contributed by atoms with E-state index in [0.717, 1.165) is 15.8 Å². The first-order chi connectivity index (χ1) is 18.0. The van der Waals surface area contributed by atoms with Crippen LogP contribution in [0.1, 0.15) is 22.8 Å². The number of ether oxygens (including phenoxy) is 2. The van der Waals surface area contributed by atoms with Gasteiger partial charge in [0, 0.05) is 17.2 Å². The number of amides is 1. The van der Waals surface area contributed by atoms with E-state index in [1.54, 1.807) is 25.1 Å². The SMILES string of the molecule is COc1cc(OC)cc(C(=O)N/N=C(/C)c2c(-c3ccccc3)[nH]n(-c3nc4ccccc4s3)c2=O)c1. The molecule has 0 aliphatic carbocycles. The minimum absolute atomic E-state index is 0.303. The predicted octanol–water partition coefficient (Wildman–Crippen LogP) is 4.61. The first-order valence-electron chi connectivity index (χ1n) is 11.3. The van der Waals surface area contributed by atoms with Gasteiger partial charge in [0.2, 0.25) is 5.13 Å². The molecule has 2 heterocycles. The van der Waals surface area contributed by atoms with E-state index in [1.165, 1.54) is 30.2 Å². The second kappa shape index (κ2) is 10.1. The highest BCUT2D eigenvalue weighted by Crippen LogP contribution is 2.26. The van der Waals surface area contributed by atoms with Gasteiger partial charge in [-0.15, -0.1) is 0 Å². The molecule has 3 aromatic carbocycles. The van der Waals surface area contributed by atoms with Gasteiger partial charge >= 0.3 is 0 Å². The van der Waals surface area contributed by atoms with Gasteiger partial charge in [-0.3, -0.25) is 14.7 Å². The van der Waals surface area contributed by atoms with Crippen LogP contribution in [0.3, 0.4) is 0 Å². The Balaban J connectivity index is 1.55. The van der Waals surface area contributed by atoms with Crippen LogP contribution in [0.5, 0.6) is 11.5 Å². The molecule has 9 nitrogen and oxygen atoms in total. The van der Waals surface area contributed by atoms with E-state index < -0.39 is 5.91 Å². The molecular formula is C27H23N5O4S. The summed E-state index contributed by atoms with van der Waals surface area (Å²) < 4.78 is 12.9. The summed E-state index contributed by atoms with van der Waals surface area (Å²) in [7, 11) is 3.01. The van der Waals surface area contributed by atoms with Crippen molar-refractivity contribution in [3.63, 3.8) is 0 Å². The van der Waals surface area contributed by atoms with Gasteiger partial charge in [-0.1, -0.05) is 53.8 Å². The molecule has 0 spiro atoms. The van der Waals surface area contributed by atoms with Crippen LogP contribution in [0, 0.1) is 0 Å². The van der Waals surface area contributed by atoms with Gasteiger partial charge in [0.1, 0.15) is 11.5 Å². The lowest BCUT2D eigenvalue weighted by atomic mass is 10.1. The van der Waals surface area contributed by atoms with Crippen molar-refractivity contribution in [3.8, 4) is 27.9 Å². The van der Waals surface area contributed by atoms with Crippen LogP contribution in [-0.4, -0.2) is 40.6 Å². The zero-order valence-electron chi connectivity index (χ0n) is 20.3. The minimum Gasteiger partial charge on any atom is -0.497 e. The Morgan fingerprint density at radius 3 is 2.35 bits per heavy atom. The van der Waals surface area contributed by atoms with Crippen molar-refractivity contribution in [2.24, 2.45) is 5.10 Å². The molecule has 5 aromatic rings. The quantitative estimate of drug-likeness (QED) is 0.244. The summed E-state index contributed by atoms with van der Waals surface area (Å²) in [6, 6.07) is 22.0. The number of nitrogens with zero attached hydrogens (tertiary/aromatic N) is 3. The van der Waals surface area contributed by atoms with E-state index in [0.29, 0.717) is 39.2 Å². The maximum Gasteiger partial charge on any atom is 0.283 e. The average Bonchev–Trinajstić information content (AvgIpc) is 3.52. The molecule has 5 rings (SSSR count). The van der Waals surface area contributed by atoms with Crippen LogP contribution in [-0.2, 0) is 0 Å². The number of carbonyl (C=O) groups is 1. The molecular weight excluding hydrogens is 490 g/mol. The lowest BCUT2D eigenvalue weighted by molar-refractivity contribution is 0.0954. The molecule has 1 amide bonds. The van der Waals surface area contributed by atoms with E-state index in [2.05, 4.69) is 20.6 Å². The van der Waals surface area contributed by atoms with Gasteiger partial charge in [0.05, 0.1) is 41.4 Å². The van der Waals surface area contributed by atoms with Crippen LogP contribution in [0.15, 0.2) is 82.7 Å². The van der Waals surface area contributed by atoms with Crippen molar-refractivity contribution in [2.75, 3.05) is 14.2 Å². The van der Waals surface area contributed by atoms with Crippen molar-refractivity contribution in [2.45, 2.75) is 6.92 Å². The molecule has 0 bridgehead atoms. The Morgan fingerprint density at radius 1 is 1.00 bits per heavy atom. The number of hydrazone groups is 1. The van der Waals surface area contributed by atoms with Gasteiger partial charge in [0.25, 0.3) is 11.5 Å². The van der Waals surface area contributed by atoms with Crippen molar-refractivity contribution < 1.29 is 14.3 Å². The molecule has 186 valence electrons. The third-order valence-corrected chi connectivity index (χ3v) is 6.75. The number of rotatable bonds is 7. The predicted molar refractivity (Wildman–Crippen MR) is 144 cm³/mol. The number of aromatic amines is 1. The molecule has 10 heteroatoms. The highest BCUT2D eigenvalue weighted by atomic mass is 32.1. The summed E-state index contributed by atoms with van der Waals surface area (Å²) in [4.78, 5) is 31.1. The monoisotopic (exact) mass is 513 g/mol. The maximum absolute atomic E-state index is 13.6. The van der Waals surface area contributed by atoms with Crippen LogP contribution < -0.4 is 20.5 Å². The normalized spacial score (nSPS) is 11.5. The fourth-order valence-corrected chi connectivity index (χ4v) is 4.80. The first-order valence-corrected chi connectivity index (χ1v) is 12.1. The first kappa shape index (κ1) is 24.0. The molecule has 0 saturated carbocycles. The van der Waals surface area contributed by atoms with Crippen molar-refractivity contribution >= 4 is 33.2 Å². The fraction of sp³-hybridized carbons (Fsp3) is 0.111. The summed E-state index contributed by atoms with van der Waals surface area (Å²) in [6.45, 7) is 1.67. The molecule has 0 aliphatic heterocycles. The number of fused-ring (bicyclic) bond motifs is 1. The molecule has 0 unspecified atom stereocenters. The maximum atomic E-state index is 13.6. The number of hydrogen-bond acceptors (Lipinski definition) is 7. The second-order valence-electron chi connectivity index (χ2n) is 8.07. The van der Waals surface area contributed by atoms with E-state index in [-0.39, 0.29) is 5.56 Å². The number of carbonyl (C=O) groups excluding carboxylic acids is 1. The minimum atomic E-state index is -0.472. The number of benzene rings is 3. The van der Waals surface area contributed by atoms with Gasteiger partial charge < -0.3 is 9.47 Å². The Hall–Kier alpha value is -4.70. The second-order valence-corrected chi connectivity index (χ2v) is 9.08. The molecule has 0 saturated heterocycles. The molecule has 2 N–H and O–H groups in total. The zero-order valence-corrected chi connectivity index (χ0v) is 21.1.